The third kappa shape index (κ3) is 3.80. The summed E-state index contributed by atoms with van der Waals surface area (Å²) < 4.78 is 0. The number of fused-ring (bicyclic) bond motifs is 1. The molecule has 1 aromatic heterocycles. The van der Waals surface area contributed by atoms with Crippen LogP contribution in [0.25, 0.3) is 0 Å². The Hall–Kier alpha value is -3.00. The van der Waals surface area contributed by atoms with Crippen molar-refractivity contribution in [3.63, 3.8) is 0 Å². The zero-order valence-corrected chi connectivity index (χ0v) is 16.8. The molecule has 29 heavy (non-hydrogen) atoms. The van der Waals surface area contributed by atoms with E-state index >= 15 is 0 Å². The number of hydrogen-bond donors (Lipinski definition) is 1. The first-order valence-electron chi connectivity index (χ1n) is 9.51. The van der Waals surface area contributed by atoms with Gasteiger partial charge >= 0.3 is 6.03 Å². The van der Waals surface area contributed by atoms with Crippen LogP contribution in [0.2, 0.25) is 0 Å². The monoisotopic (exact) mass is 411 g/mol. The lowest BCUT2D eigenvalue weighted by Gasteiger charge is -2.32. The maximum Gasteiger partial charge on any atom is 0.332 e. The van der Waals surface area contributed by atoms with E-state index in [1.165, 1.54) is 23.2 Å². The number of piperidine rings is 1. The largest absolute Gasteiger partial charge is 0.353 e. The quantitative estimate of drug-likeness (QED) is 0.605. The summed E-state index contributed by atoms with van der Waals surface area (Å²) in [6.07, 6.45) is 1.34. The minimum atomic E-state index is -0.573. The van der Waals surface area contributed by atoms with E-state index in [0.717, 1.165) is 4.88 Å². The van der Waals surface area contributed by atoms with Crippen LogP contribution >= 0.6 is 11.3 Å². The van der Waals surface area contributed by atoms with Crippen molar-refractivity contribution in [2.75, 3.05) is 11.4 Å². The number of carbonyl (C=O) groups is 4. The number of imide groups is 1. The molecule has 2 saturated heterocycles. The number of hydrogen-bond acceptors (Lipinski definition) is 5. The van der Waals surface area contributed by atoms with E-state index in [4.69, 9.17) is 0 Å². The van der Waals surface area contributed by atoms with Gasteiger partial charge in [-0.3, -0.25) is 14.4 Å². The van der Waals surface area contributed by atoms with Crippen LogP contribution in [0, 0.1) is 0 Å². The molecule has 7 nitrogen and oxygen atoms in total. The van der Waals surface area contributed by atoms with Crippen molar-refractivity contribution in [1.29, 1.82) is 0 Å². The normalized spacial score (nSPS) is 21.3. The summed E-state index contributed by atoms with van der Waals surface area (Å²) in [4.78, 5) is 53.2. The molecule has 0 bridgehead atoms. The summed E-state index contributed by atoms with van der Waals surface area (Å²) in [5.74, 6) is -0.434. The molecule has 1 N–H and O–H groups in total. The molecule has 0 saturated carbocycles. The van der Waals surface area contributed by atoms with Crippen molar-refractivity contribution in [3.8, 4) is 0 Å². The van der Waals surface area contributed by atoms with E-state index in [0.29, 0.717) is 37.1 Å². The number of nitrogens with one attached hydrogen (secondary N) is 1. The molecular formula is C21H21N3O4S. The molecule has 1 aromatic carbocycles. The topological polar surface area (TPSA) is 86.8 Å². The van der Waals surface area contributed by atoms with Crippen LogP contribution in [0.5, 0.6) is 0 Å². The van der Waals surface area contributed by atoms with Crippen molar-refractivity contribution in [2.24, 2.45) is 0 Å². The second-order valence-corrected chi connectivity index (χ2v) is 8.35. The lowest BCUT2D eigenvalue weighted by molar-refractivity contribution is -0.124. The zero-order valence-electron chi connectivity index (χ0n) is 16.0. The molecule has 0 spiro atoms. The van der Waals surface area contributed by atoms with Gasteiger partial charge in [-0.05, 0) is 55.5 Å². The first kappa shape index (κ1) is 19.3. The van der Waals surface area contributed by atoms with Gasteiger partial charge in [-0.25, -0.2) is 9.69 Å². The molecule has 8 heteroatoms. The number of amides is 4. The Morgan fingerprint density at radius 2 is 1.93 bits per heavy atom. The molecule has 0 radical (unpaired) electrons. The van der Waals surface area contributed by atoms with Gasteiger partial charge in [0.2, 0.25) is 5.91 Å². The van der Waals surface area contributed by atoms with Crippen molar-refractivity contribution in [3.05, 3.63) is 52.2 Å². The minimum absolute atomic E-state index is 0.0700. The average molecular weight is 411 g/mol. The molecule has 2 atom stereocenters. The third-order valence-electron chi connectivity index (χ3n) is 5.36. The standard InChI is InChI=1S/C21H21N3O4S/c1-13(25)14-4-6-16(7-5-14)24-20(27)18-11-15(8-9-23(18)21(24)28)22-19(26)12-17-3-2-10-29-17/h2-7,10,15,18H,8-9,11-12H2,1H3,(H,22,26)/t15-,18+/m0/s1. The summed E-state index contributed by atoms with van der Waals surface area (Å²) in [5, 5.41) is 4.93. The second kappa shape index (κ2) is 7.79. The minimum Gasteiger partial charge on any atom is -0.353 e. The molecule has 150 valence electrons. The fraction of sp³-hybridized carbons (Fsp3) is 0.333. The van der Waals surface area contributed by atoms with Gasteiger partial charge in [0, 0.05) is 23.0 Å². The van der Waals surface area contributed by atoms with Gasteiger partial charge in [-0.1, -0.05) is 6.07 Å². The van der Waals surface area contributed by atoms with Crippen molar-refractivity contribution in [2.45, 2.75) is 38.3 Å². The van der Waals surface area contributed by atoms with E-state index in [-0.39, 0.29) is 29.7 Å². The average Bonchev–Trinajstić information content (AvgIpc) is 3.28. The smallest absolute Gasteiger partial charge is 0.332 e. The van der Waals surface area contributed by atoms with E-state index in [9.17, 15) is 19.2 Å². The first-order valence-corrected chi connectivity index (χ1v) is 10.4. The zero-order chi connectivity index (χ0) is 20.5. The number of thiophene rings is 1. The molecule has 2 fully saturated rings. The second-order valence-electron chi connectivity index (χ2n) is 7.31. The molecule has 2 aromatic rings. The van der Waals surface area contributed by atoms with Gasteiger partial charge in [0.1, 0.15) is 6.04 Å². The molecule has 0 aliphatic carbocycles. The predicted molar refractivity (Wildman–Crippen MR) is 109 cm³/mol. The van der Waals surface area contributed by atoms with Gasteiger partial charge in [0.15, 0.2) is 5.78 Å². The van der Waals surface area contributed by atoms with Crippen LogP contribution in [-0.4, -0.2) is 47.2 Å². The Labute approximate surface area is 172 Å². The highest BCUT2D eigenvalue weighted by atomic mass is 32.1. The summed E-state index contributed by atoms with van der Waals surface area (Å²) >= 11 is 1.53. The summed E-state index contributed by atoms with van der Waals surface area (Å²) in [7, 11) is 0. The summed E-state index contributed by atoms with van der Waals surface area (Å²) in [5.41, 5.74) is 0.983. The van der Waals surface area contributed by atoms with Gasteiger partial charge in [-0.2, -0.15) is 0 Å². The molecule has 3 heterocycles. The Bertz CT molecular complexity index is 955. The van der Waals surface area contributed by atoms with Crippen molar-refractivity contribution in [1.82, 2.24) is 10.2 Å². The van der Waals surface area contributed by atoms with Gasteiger partial charge in [-0.15, -0.1) is 11.3 Å². The van der Waals surface area contributed by atoms with E-state index in [1.54, 1.807) is 29.2 Å². The maximum absolute atomic E-state index is 12.9. The van der Waals surface area contributed by atoms with Gasteiger partial charge < -0.3 is 10.2 Å². The Kier molecular flexibility index (Phi) is 5.19. The number of carbonyl (C=O) groups excluding carboxylic acids is 4. The number of urea groups is 1. The number of nitrogens with zero attached hydrogens (tertiary/aromatic N) is 2. The van der Waals surface area contributed by atoms with E-state index < -0.39 is 6.04 Å². The highest BCUT2D eigenvalue weighted by Crippen LogP contribution is 2.31. The lowest BCUT2D eigenvalue weighted by atomic mass is 9.97. The first-order chi connectivity index (χ1) is 13.9. The van der Waals surface area contributed by atoms with Crippen molar-refractivity contribution < 1.29 is 19.2 Å². The van der Waals surface area contributed by atoms with Crippen LogP contribution in [-0.2, 0) is 16.0 Å². The number of benzene rings is 1. The van der Waals surface area contributed by atoms with Crippen molar-refractivity contribution >= 4 is 40.7 Å². The molecule has 2 aliphatic rings. The third-order valence-corrected chi connectivity index (χ3v) is 6.23. The number of ketones is 1. The number of anilines is 1. The van der Waals surface area contributed by atoms with Crippen LogP contribution in [0.1, 0.15) is 35.0 Å². The molecule has 2 aliphatic heterocycles. The van der Waals surface area contributed by atoms with Crippen LogP contribution in [0.15, 0.2) is 41.8 Å². The van der Waals surface area contributed by atoms with E-state index in [1.807, 2.05) is 17.5 Å². The number of Topliss-reactive ketones (excluding diaryl/α,β-unsaturated/α-hetero) is 1. The number of rotatable bonds is 5. The lowest BCUT2D eigenvalue weighted by Crippen LogP contribution is -2.50. The van der Waals surface area contributed by atoms with Crippen LogP contribution in [0.4, 0.5) is 10.5 Å². The highest BCUT2D eigenvalue weighted by Gasteiger charge is 2.48. The summed E-state index contributed by atoms with van der Waals surface area (Å²) in [6, 6.07) is 9.23. The molecule has 0 unspecified atom stereocenters. The Balaban J connectivity index is 1.43. The summed E-state index contributed by atoms with van der Waals surface area (Å²) in [6.45, 7) is 1.88. The van der Waals surface area contributed by atoms with Crippen LogP contribution in [0.3, 0.4) is 0 Å². The fourth-order valence-electron chi connectivity index (χ4n) is 3.86. The highest BCUT2D eigenvalue weighted by molar-refractivity contribution is 7.10. The SMILES string of the molecule is CC(=O)c1ccc(N2C(=O)[C@H]3C[C@@H](NC(=O)Cc4cccs4)CCN3C2=O)cc1. The Morgan fingerprint density at radius 1 is 1.17 bits per heavy atom. The molecule has 4 rings (SSSR count). The van der Waals surface area contributed by atoms with Gasteiger partial charge in [0.05, 0.1) is 12.1 Å². The molecule has 4 amide bonds. The predicted octanol–water partition coefficient (Wildman–Crippen LogP) is 2.61. The maximum atomic E-state index is 12.9. The Morgan fingerprint density at radius 3 is 2.59 bits per heavy atom. The van der Waals surface area contributed by atoms with Gasteiger partial charge in [0.25, 0.3) is 5.91 Å². The van der Waals surface area contributed by atoms with E-state index in [2.05, 4.69) is 5.32 Å². The molecular weight excluding hydrogens is 390 g/mol. The van der Waals surface area contributed by atoms with Crippen LogP contribution < -0.4 is 10.2 Å². The fourth-order valence-corrected chi connectivity index (χ4v) is 4.57.